The molecule has 298 valence electrons. The van der Waals surface area contributed by atoms with Gasteiger partial charge in [0.2, 0.25) is 0 Å². The maximum absolute atomic E-state index is 15.1. The van der Waals surface area contributed by atoms with Crippen molar-refractivity contribution in [1.82, 2.24) is 13.6 Å². The number of amidine groups is 2. The second-order valence-electron chi connectivity index (χ2n) is 15.0. The molecule has 0 bridgehead atoms. The Balaban J connectivity index is 1.25. The number of pyridine rings is 1. The molecule has 9 rings (SSSR count). The Morgan fingerprint density at radius 2 is 0.700 bits per heavy atom. The summed E-state index contributed by atoms with van der Waals surface area (Å²) in [5.41, 5.74) is 5.50. The van der Waals surface area contributed by atoms with Gasteiger partial charge in [0, 0.05) is 0 Å². The zero-order valence-electron chi connectivity index (χ0n) is 32.9. The van der Waals surface area contributed by atoms with Crippen molar-refractivity contribution in [3.63, 3.8) is 0 Å². The Hall–Kier alpha value is -6.69. The zero-order valence-corrected chi connectivity index (χ0v) is 34.5. The standard InChI is InChI=1S/C49H41N5O4S2/c1-34-26-30-40(31-27-34)59(55,56)53-46(38-20-11-5-12-21-38)44(36-16-7-3-8-17-36)51-48(53)42-24-15-25-43(50-42)49-52-45(37-18-9-4-10-19-37)47(39-22-13-6-14-23-39)54(49)60(57,58)41-32-28-35(2)29-33-41/h3-33,44-47H,1-2H3/t44-,45-,46-,47-/m0/s1. The molecule has 60 heavy (non-hydrogen) atoms. The first-order valence-electron chi connectivity index (χ1n) is 19.7. The van der Waals surface area contributed by atoms with E-state index in [4.69, 9.17) is 15.0 Å². The summed E-state index contributed by atoms with van der Waals surface area (Å²) in [5.74, 6) is 0.261. The number of hydrogen-bond donors (Lipinski definition) is 0. The van der Waals surface area contributed by atoms with Gasteiger partial charge in [0.1, 0.15) is 23.5 Å². The summed E-state index contributed by atoms with van der Waals surface area (Å²) >= 11 is 0. The second kappa shape index (κ2) is 15.8. The van der Waals surface area contributed by atoms with Crippen LogP contribution in [0.1, 0.15) is 68.9 Å². The van der Waals surface area contributed by atoms with Gasteiger partial charge in [0.25, 0.3) is 20.0 Å². The number of aliphatic imine (C=N–C) groups is 2. The predicted octanol–water partition coefficient (Wildman–Crippen LogP) is 9.57. The fourth-order valence-corrected chi connectivity index (χ4v) is 11.2. The average Bonchev–Trinajstić information content (AvgIpc) is 3.90. The molecule has 2 aliphatic heterocycles. The lowest BCUT2D eigenvalue weighted by Crippen LogP contribution is -2.39. The van der Waals surface area contributed by atoms with Crippen LogP contribution in [0.5, 0.6) is 0 Å². The van der Waals surface area contributed by atoms with Crippen molar-refractivity contribution < 1.29 is 16.8 Å². The molecule has 0 radical (unpaired) electrons. The molecule has 0 N–H and O–H groups in total. The van der Waals surface area contributed by atoms with Crippen LogP contribution in [0.25, 0.3) is 0 Å². The summed E-state index contributed by atoms with van der Waals surface area (Å²) in [7, 11) is -8.52. The first-order chi connectivity index (χ1) is 29.1. The maximum Gasteiger partial charge on any atom is 0.266 e. The molecule has 0 amide bonds. The predicted molar refractivity (Wildman–Crippen MR) is 234 cm³/mol. The molecule has 0 unspecified atom stereocenters. The first kappa shape index (κ1) is 38.8. The third-order valence-corrected chi connectivity index (χ3v) is 14.5. The quantitative estimate of drug-likeness (QED) is 0.136. The number of aromatic nitrogens is 1. The van der Waals surface area contributed by atoms with Gasteiger partial charge in [-0.15, -0.1) is 0 Å². The smallest absolute Gasteiger partial charge is 0.255 e. The SMILES string of the molecule is Cc1ccc(S(=O)(=O)N2C(c3cccc(C4=N[C@@H](c5ccccc5)[C@H](c5ccccc5)N4S(=O)(=O)c4ccc(C)cc4)n3)=N[C@@H](c3ccccc3)[C@@H]2c2ccccc2)cc1. The molecule has 7 aromatic rings. The van der Waals surface area contributed by atoms with E-state index in [9.17, 15) is 0 Å². The van der Waals surface area contributed by atoms with Crippen molar-refractivity contribution in [2.75, 3.05) is 0 Å². The number of aryl methyl sites for hydroxylation is 2. The highest BCUT2D eigenvalue weighted by molar-refractivity contribution is 7.90. The number of sulfonamides is 2. The Labute approximate surface area is 351 Å². The minimum absolute atomic E-state index is 0.110. The highest BCUT2D eigenvalue weighted by Crippen LogP contribution is 2.48. The lowest BCUT2D eigenvalue weighted by atomic mass is 9.95. The van der Waals surface area contributed by atoms with Gasteiger partial charge in [-0.3, -0.25) is 9.98 Å². The monoisotopic (exact) mass is 827 g/mol. The van der Waals surface area contributed by atoms with Gasteiger partial charge in [0.05, 0.1) is 21.9 Å². The lowest BCUT2D eigenvalue weighted by Gasteiger charge is -2.31. The number of nitrogens with zero attached hydrogens (tertiary/aromatic N) is 5. The maximum atomic E-state index is 15.1. The van der Waals surface area contributed by atoms with Gasteiger partial charge in [-0.2, -0.15) is 0 Å². The Bertz CT molecular complexity index is 2730. The minimum Gasteiger partial charge on any atom is -0.255 e. The van der Waals surface area contributed by atoms with E-state index in [1.54, 1.807) is 66.7 Å². The normalized spacial score (nSPS) is 19.2. The van der Waals surface area contributed by atoms with Crippen molar-refractivity contribution in [3.8, 4) is 0 Å². The molecule has 1 aromatic heterocycles. The van der Waals surface area contributed by atoms with Gasteiger partial charge < -0.3 is 0 Å². The van der Waals surface area contributed by atoms with E-state index in [1.807, 2.05) is 135 Å². The van der Waals surface area contributed by atoms with Crippen LogP contribution < -0.4 is 0 Å². The van der Waals surface area contributed by atoms with E-state index in [0.29, 0.717) is 0 Å². The van der Waals surface area contributed by atoms with Gasteiger partial charge in [-0.1, -0.05) is 163 Å². The molecule has 0 saturated heterocycles. The summed E-state index contributed by atoms with van der Waals surface area (Å²) in [5, 5.41) is 0. The molecule has 4 atom stereocenters. The van der Waals surface area contributed by atoms with Crippen LogP contribution in [0.15, 0.2) is 208 Å². The van der Waals surface area contributed by atoms with E-state index in [0.717, 1.165) is 33.4 Å². The van der Waals surface area contributed by atoms with E-state index < -0.39 is 44.2 Å². The molecule has 6 aromatic carbocycles. The summed E-state index contributed by atoms with van der Waals surface area (Å²) in [6.07, 6.45) is 0. The Morgan fingerprint density at radius 1 is 0.383 bits per heavy atom. The van der Waals surface area contributed by atoms with Gasteiger partial charge in [-0.25, -0.2) is 30.4 Å². The molecule has 0 spiro atoms. The van der Waals surface area contributed by atoms with Crippen molar-refractivity contribution >= 4 is 31.7 Å². The minimum atomic E-state index is -4.26. The third-order valence-electron chi connectivity index (χ3n) is 11.0. The molecule has 3 heterocycles. The van der Waals surface area contributed by atoms with Crippen LogP contribution in [0.4, 0.5) is 0 Å². The highest BCUT2D eigenvalue weighted by Gasteiger charge is 2.48. The van der Waals surface area contributed by atoms with E-state index in [-0.39, 0.29) is 32.9 Å². The van der Waals surface area contributed by atoms with Crippen molar-refractivity contribution in [3.05, 3.63) is 233 Å². The number of hydrogen-bond acceptors (Lipinski definition) is 7. The Morgan fingerprint density at radius 3 is 1.03 bits per heavy atom. The van der Waals surface area contributed by atoms with Crippen molar-refractivity contribution in [2.45, 2.75) is 47.8 Å². The lowest BCUT2D eigenvalue weighted by molar-refractivity contribution is 0.419. The average molecular weight is 828 g/mol. The molecular weight excluding hydrogens is 787 g/mol. The molecule has 9 nitrogen and oxygen atoms in total. The van der Waals surface area contributed by atoms with Crippen molar-refractivity contribution in [2.24, 2.45) is 9.98 Å². The third kappa shape index (κ3) is 7.09. The molecule has 2 aliphatic rings. The Kier molecular flexibility index (Phi) is 10.2. The van der Waals surface area contributed by atoms with Crippen LogP contribution >= 0.6 is 0 Å². The van der Waals surface area contributed by atoms with Crippen LogP contribution in [-0.4, -0.2) is 42.1 Å². The van der Waals surface area contributed by atoms with E-state index in [1.165, 1.54) is 8.61 Å². The summed E-state index contributed by atoms with van der Waals surface area (Å²) < 4.78 is 63.2. The van der Waals surface area contributed by atoms with Gasteiger partial charge in [0.15, 0.2) is 11.7 Å². The first-order valence-corrected chi connectivity index (χ1v) is 22.5. The second-order valence-corrected chi connectivity index (χ2v) is 18.6. The topological polar surface area (TPSA) is 112 Å². The molecule has 0 saturated carbocycles. The molecule has 0 fully saturated rings. The van der Waals surface area contributed by atoms with Crippen LogP contribution in [0.2, 0.25) is 0 Å². The fourth-order valence-electron chi connectivity index (χ4n) is 8.00. The van der Waals surface area contributed by atoms with Crippen LogP contribution in [0, 0.1) is 13.8 Å². The number of benzene rings is 6. The molecule has 0 aliphatic carbocycles. The van der Waals surface area contributed by atoms with E-state index >= 15 is 16.8 Å². The fraction of sp³-hybridized carbons (Fsp3) is 0.122. The van der Waals surface area contributed by atoms with Gasteiger partial charge in [-0.05, 0) is 72.5 Å². The molecular formula is C49H41N5O4S2. The number of rotatable bonds is 10. The van der Waals surface area contributed by atoms with Crippen LogP contribution in [-0.2, 0) is 20.0 Å². The van der Waals surface area contributed by atoms with E-state index in [2.05, 4.69) is 0 Å². The zero-order chi connectivity index (χ0) is 41.4. The summed E-state index contributed by atoms with van der Waals surface area (Å²) in [6, 6.07) is 54.2. The summed E-state index contributed by atoms with van der Waals surface area (Å²) in [6.45, 7) is 3.82. The highest BCUT2D eigenvalue weighted by atomic mass is 32.2. The van der Waals surface area contributed by atoms with Crippen molar-refractivity contribution in [1.29, 1.82) is 0 Å². The largest absolute Gasteiger partial charge is 0.266 e. The van der Waals surface area contributed by atoms with Gasteiger partial charge >= 0.3 is 0 Å². The van der Waals surface area contributed by atoms with Crippen LogP contribution in [0.3, 0.4) is 0 Å². The summed E-state index contributed by atoms with van der Waals surface area (Å²) in [4.78, 5) is 15.8. The molecule has 11 heteroatoms.